The zero-order valence-corrected chi connectivity index (χ0v) is 20.9. The fourth-order valence-corrected chi connectivity index (χ4v) is 4.50. The molecule has 6 rings (SSSR count). The van der Waals surface area contributed by atoms with E-state index >= 15 is 0 Å². The van der Waals surface area contributed by atoms with Crippen LogP contribution >= 0.6 is 0 Å². The summed E-state index contributed by atoms with van der Waals surface area (Å²) in [5.74, 6) is 0.854. The van der Waals surface area contributed by atoms with Crippen LogP contribution in [0.3, 0.4) is 0 Å². The van der Waals surface area contributed by atoms with Gasteiger partial charge >= 0.3 is 0 Å². The van der Waals surface area contributed by atoms with E-state index in [9.17, 15) is 4.39 Å². The molecule has 4 heterocycles. The van der Waals surface area contributed by atoms with E-state index in [0.717, 1.165) is 44.6 Å². The first-order chi connectivity index (χ1) is 18.5. The van der Waals surface area contributed by atoms with E-state index in [1.165, 1.54) is 25.0 Å². The van der Waals surface area contributed by atoms with E-state index in [2.05, 4.69) is 43.6 Å². The summed E-state index contributed by atoms with van der Waals surface area (Å²) in [6.07, 6.45) is 11.7. The van der Waals surface area contributed by atoms with E-state index in [0.29, 0.717) is 28.7 Å². The van der Waals surface area contributed by atoms with E-state index in [1.54, 1.807) is 24.4 Å². The Morgan fingerprint density at radius 3 is 2.68 bits per heavy atom. The third-order valence-corrected chi connectivity index (χ3v) is 6.74. The average molecular weight is 504 g/mol. The Morgan fingerprint density at radius 1 is 1.13 bits per heavy atom. The highest BCUT2D eigenvalue weighted by molar-refractivity contribution is 5.96. The van der Waals surface area contributed by atoms with Crippen molar-refractivity contribution in [2.75, 3.05) is 0 Å². The van der Waals surface area contributed by atoms with Crippen LogP contribution < -0.4 is 5.32 Å². The second-order valence-electron chi connectivity index (χ2n) is 9.32. The average Bonchev–Trinajstić information content (AvgIpc) is 3.57. The van der Waals surface area contributed by atoms with Crippen molar-refractivity contribution in [2.24, 2.45) is 5.92 Å². The molecule has 3 N–H and O–H groups in total. The molecule has 0 atom stereocenters. The number of pyridine rings is 2. The number of allylic oxidation sites excluding steroid dienone is 5. The molecule has 5 aromatic rings. The standard InChI is InChI=1S/C30H26FN7/c1-4-18(14-23(5-2)34-17(3)19-6-7-19)21-15-25-27(37-38-28(25)33-16-21)30-35-26-24(12-13-32-29(26)36-30)20-8-10-22(31)11-9-20/h4-5,8-16,19,34H,2-3,6-7H2,1H3,(H,32,35,36)(H,33,37,38)/b18-4+,23-14+. The van der Waals surface area contributed by atoms with Crippen LogP contribution in [0, 0.1) is 11.7 Å². The zero-order valence-electron chi connectivity index (χ0n) is 20.9. The number of rotatable bonds is 8. The maximum Gasteiger partial charge on any atom is 0.181 e. The third kappa shape index (κ3) is 4.41. The van der Waals surface area contributed by atoms with Gasteiger partial charge in [-0.25, -0.2) is 19.3 Å². The monoisotopic (exact) mass is 503 g/mol. The van der Waals surface area contributed by atoms with Crippen LogP contribution in [0.4, 0.5) is 4.39 Å². The number of aromatic nitrogens is 6. The van der Waals surface area contributed by atoms with Crippen LogP contribution in [0.2, 0.25) is 0 Å². The summed E-state index contributed by atoms with van der Waals surface area (Å²) < 4.78 is 13.5. The van der Waals surface area contributed by atoms with Crippen LogP contribution in [-0.4, -0.2) is 30.1 Å². The van der Waals surface area contributed by atoms with Gasteiger partial charge in [-0.05, 0) is 73.2 Å². The van der Waals surface area contributed by atoms with Crippen molar-refractivity contribution >= 4 is 27.8 Å². The molecule has 188 valence electrons. The quantitative estimate of drug-likeness (QED) is 0.205. The molecule has 38 heavy (non-hydrogen) atoms. The Hall–Kier alpha value is -4.85. The van der Waals surface area contributed by atoms with Gasteiger partial charge in [-0.3, -0.25) is 5.10 Å². The number of imidazole rings is 1. The first-order valence-corrected chi connectivity index (χ1v) is 12.5. The fourth-order valence-electron chi connectivity index (χ4n) is 4.50. The van der Waals surface area contributed by atoms with Crippen LogP contribution in [0.25, 0.3) is 50.4 Å². The van der Waals surface area contributed by atoms with Crippen molar-refractivity contribution < 1.29 is 4.39 Å². The van der Waals surface area contributed by atoms with Gasteiger partial charge in [-0.1, -0.05) is 31.4 Å². The molecule has 1 fully saturated rings. The summed E-state index contributed by atoms with van der Waals surface area (Å²) >= 11 is 0. The van der Waals surface area contributed by atoms with Crippen molar-refractivity contribution in [3.05, 3.63) is 103 Å². The number of nitrogens with zero attached hydrogens (tertiary/aromatic N) is 4. The summed E-state index contributed by atoms with van der Waals surface area (Å²) in [7, 11) is 0. The molecular weight excluding hydrogens is 477 g/mol. The molecular formula is C30H26FN7. The van der Waals surface area contributed by atoms with Gasteiger partial charge in [0, 0.05) is 34.9 Å². The molecule has 1 aromatic carbocycles. The predicted molar refractivity (Wildman–Crippen MR) is 149 cm³/mol. The topological polar surface area (TPSA) is 95.2 Å². The highest BCUT2D eigenvalue weighted by Gasteiger charge is 2.24. The molecule has 0 bridgehead atoms. The molecule has 1 aliphatic carbocycles. The lowest BCUT2D eigenvalue weighted by Gasteiger charge is -2.11. The summed E-state index contributed by atoms with van der Waals surface area (Å²) in [5, 5.41) is 11.7. The van der Waals surface area contributed by atoms with Crippen LogP contribution in [0.5, 0.6) is 0 Å². The minimum absolute atomic E-state index is 0.282. The van der Waals surface area contributed by atoms with Gasteiger partial charge in [-0.15, -0.1) is 0 Å². The van der Waals surface area contributed by atoms with E-state index in [-0.39, 0.29) is 5.82 Å². The summed E-state index contributed by atoms with van der Waals surface area (Å²) in [4.78, 5) is 17.1. The maximum absolute atomic E-state index is 13.5. The molecule has 4 aromatic heterocycles. The number of fused-ring (bicyclic) bond motifs is 2. The van der Waals surface area contributed by atoms with E-state index < -0.39 is 0 Å². The molecule has 8 heteroatoms. The lowest BCUT2D eigenvalue weighted by molar-refractivity contribution is 0.628. The summed E-state index contributed by atoms with van der Waals surface area (Å²) in [5.41, 5.74) is 8.20. The molecule has 0 unspecified atom stereocenters. The Balaban J connectivity index is 1.38. The smallest absolute Gasteiger partial charge is 0.181 e. The highest BCUT2D eigenvalue weighted by Crippen LogP contribution is 2.35. The second kappa shape index (κ2) is 9.55. The lowest BCUT2D eigenvalue weighted by atomic mass is 10.0. The number of H-pyrrole nitrogens is 2. The van der Waals surface area contributed by atoms with Gasteiger partial charge in [0.2, 0.25) is 0 Å². The summed E-state index contributed by atoms with van der Waals surface area (Å²) in [6, 6.07) is 10.3. The molecule has 0 spiro atoms. The SMILES string of the molecule is C=C/C(=C\C(=C/C)c1cnc2n[nH]c(-c3nc4nccc(-c5ccc(F)cc5)c4[nH]3)c2c1)NC(=C)C1CC1. The van der Waals surface area contributed by atoms with Gasteiger partial charge in [0.1, 0.15) is 11.5 Å². The van der Waals surface area contributed by atoms with Gasteiger partial charge in [0.15, 0.2) is 17.1 Å². The summed E-state index contributed by atoms with van der Waals surface area (Å²) in [6.45, 7) is 10.1. The van der Waals surface area contributed by atoms with Gasteiger partial charge in [-0.2, -0.15) is 5.10 Å². The van der Waals surface area contributed by atoms with Crippen LogP contribution in [0.15, 0.2) is 91.6 Å². The second-order valence-corrected chi connectivity index (χ2v) is 9.32. The third-order valence-electron chi connectivity index (χ3n) is 6.74. The number of halogens is 1. The first-order valence-electron chi connectivity index (χ1n) is 12.5. The van der Waals surface area contributed by atoms with Crippen molar-refractivity contribution in [1.29, 1.82) is 0 Å². The van der Waals surface area contributed by atoms with E-state index in [4.69, 9.17) is 4.98 Å². The highest BCUT2D eigenvalue weighted by atomic mass is 19.1. The number of hydrogen-bond acceptors (Lipinski definition) is 5. The number of hydrogen-bond donors (Lipinski definition) is 3. The van der Waals surface area contributed by atoms with Crippen molar-refractivity contribution in [3.63, 3.8) is 0 Å². The molecule has 1 saturated carbocycles. The maximum atomic E-state index is 13.5. The van der Waals surface area contributed by atoms with Crippen molar-refractivity contribution in [2.45, 2.75) is 19.8 Å². The van der Waals surface area contributed by atoms with Crippen molar-refractivity contribution in [3.8, 4) is 22.6 Å². The van der Waals surface area contributed by atoms with Crippen LogP contribution in [-0.2, 0) is 0 Å². The number of nitrogens with one attached hydrogen (secondary N) is 3. The van der Waals surface area contributed by atoms with Gasteiger partial charge in [0.25, 0.3) is 0 Å². The molecule has 0 saturated heterocycles. The lowest BCUT2D eigenvalue weighted by Crippen LogP contribution is -2.11. The fraction of sp³-hybridized carbons (Fsp3) is 0.133. The van der Waals surface area contributed by atoms with Gasteiger partial charge < -0.3 is 10.3 Å². The Labute approximate surface area is 219 Å². The minimum Gasteiger partial charge on any atom is -0.359 e. The molecule has 1 aliphatic rings. The van der Waals surface area contributed by atoms with E-state index in [1.807, 2.05) is 37.4 Å². The molecule has 0 amide bonds. The Kier molecular flexibility index (Phi) is 5.92. The van der Waals surface area contributed by atoms with Crippen LogP contribution in [0.1, 0.15) is 25.3 Å². The molecule has 7 nitrogen and oxygen atoms in total. The largest absolute Gasteiger partial charge is 0.359 e. The van der Waals surface area contributed by atoms with Gasteiger partial charge in [0.05, 0.1) is 10.9 Å². The Morgan fingerprint density at radius 2 is 1.95 bits per heavy atom. The van der Waals surface area contributed by atoms with Crippen molar-refractivity contribution in [1.82, 2.24) is 35.5 Å². The normalized spacial score (nSPS) is 14.3. The zero-order chi connectivity index (χ0) is 26.2. The first kappa shape index (κ1) is 23.5. The Bertz CT molecular complexity index is 1750. The molecule has 0 aliphatic heterocycles. The molecule has 0 radical (unpaired) electrons. The predicted octanol–water partition coefficient (Wildman–Crippen LogP) is 6.69. The number of benzene rings is 1. The number of aromatic amines is 2. The minimum atomic E-state index is -0.282.